The van der Waals surface area contributed by atoms with Crippen LogP contribution in [0.25, 0.3) is 28.2 Å². The molecule has 0 radical (unpaired) electrons. The van der Waals surface area contributed by atoms with Crippen LogP contribution in [0.3, 0.4) is 0 Å². The zero-order valence-corrected chi connectivity index (χ0v) is 12.1. The fourth-order valence-corrected chi connectivity index (χ4v) is 2.60. The molecule has 4 rings (SSSR count). The highest BCUT2D eigenvalue weighted by molar-refractivity contribution is 5.83. The van der Waals surface area contributed by atoms with Crippen LogP contribution in [-0.2, 0) is 0 Å². The molecule has 22 heavy (non-hydrogen) atoms. The van der Waals surface area contributed by atoms with Gasteiger partial charge in [0.2, 0.25) is 0 Å². The standard InChI is InChI=1S/C18H14N4/c1-13-7-8-17-16(11-13)21-18(15-6-2-3-10-20-15)22(17)14-5-4-9-19-12-14/h2-12H,1H3. The molecule has 106 valence electrons. The van der Waals surface area contributed by atoms with Crippen molar-refractivity contribution in [3.8, 4) is 17.2 Å². The van der Waals surface area contributed by atoms with Crippen molar-refractivity contribution >= 4 is 11.0 Å². The molecular weight excluding hydrogens is 272 g/mol. The number of imidazole rings is 1. The summed E-state index contributed by atoms with van der Waals surface area (Å²) >= 11 is 0. The predicted octanol–water partition coefficient (Wildman–Crippen LogP) is 3.79. The summed E-state index contributed by atoms with van der Waals surface area (Å²) in [6, 6.07) is 16.1. The summed E-state index contributed by atoms with van der Waals surface area (Å²) in [4.78, 5) is 13.5. The third-order valence-corrected chi connectivity index (χ3v) is 3.61. The molecular formula is C18H14N4. The predicted molar refractivity (Wildman–Crippen MR) is 86.8 cm³/mol. The highest BCUT2D eigenvalue weighted by Gasteiger charge is 2.15. The Hall–Kier alpha value is -3.01. The largest absolute Gasteiger partial charge is 0.289 e. The molecule has 0 N–H and O–H groups in total. The number of rotatable bonds is 2. The maximum atomic E-state index is 4.79. The van der Waals surface area contributed by atoms with Crippen molar-refractivity contribution in [2.45, 2.75) is 6.92 Å². The molecule has 1 aromatic carbocycles. The van der Waals surface area contributed by atoms with Gasteiger partial charge in [0.05, 0.1) is 22.9 Å². The topological polar surface area (TPSA) is 43.6 Å². The monoisotopic (exact) mass is 286 g/mol. The van der Waals surface area contributed by atoms with Gasteiger partial charge in [-0.1, -0.05) is 12.1 Å². The first-order chi connectivity index (χ1) is 10.8. The van der Waals surface area contributed by atoms with Crippen molar-refractivity contribution in [1.82, 2.24) is 19.5 Å². The van der Waals surface area contributed by atoms with Crippen LogP contribution < -0.4 is 0 Å². The number of hydrogen-bond donors (Lipinski definition) is 0. The fourth-order valence-electron chi connectivity index (χ4n) is 2.60. The zero-order chi connectivity index (χ0) is 14.9. The summed E-state index contributed by atoms with van der Waals surface area (Å²) < 4.78 is 2.10. The van der Waals surface area contributed by atoms with E-state index in [0.29, 0.717) is 0 Å². The van der Waals surface area contributed by atoms with Crippen molar-refractivity contribution in [2.24, 2.45) is 0 Å². The molecule has 4 nitrogen and oxygen atoms in total. The summed E-state index contributed by atoms with van der Waals surface area (Å²) in [6.07, 6.45) is 5.40. The van der Waals surface area contributed by atoms with Gasteiger partial charge in [-0.25, -0.2) is 4.98 Å². The Morgan fingerprint density at radius 3 is 2.68 bits per heavy atom. The highest BCUT2D eigenvalue weighted by atomic mass is 15.1. The maximum absolute atomic E-state index is 4.79. The second-order valence-electron chi connectivity index (χ2n) is 5.19. The Balaban J connectivity index is 2.07. The van der Waals surface area contributed by atoms with Gasteiger partial charge in [0.25, 0.3) is 0 Å². The lowest BCUT2D eigenvalue weighted by Crippen LogP contribution is -1.98. The first-order valence-electron chi connectivity index (χ1n) is 7.14. The van der Waals surface area contributed by atoms with Gasteiger partial charge in [-0.05, 0) is 48.9 Å². The van der Waals surface area contributed by atoms with Crippen LogP contribution in [0.4, 0.5) is 0 Å². The van der Waals surface area contributed by atoms with Gasteiger partial charge in [0.1, 0.15) is 5.69 Å². The van der Waals surface area contributed by atoms with Crippen molar-refractivity contribution in [2.75, 3.05) is 0 Å². The van der Waals surface area contributed by atoms with Gasteiger partial charge in [0, 0.05) is 12.4 Å². The second-order valence-corrected chi connectivity index (χ2v) is 5.19. The fraction of sp³-hybridized carbons (Fsp3) is 0.0556. The Morgan fingerprint density at radius 1 is 0.955 bits per heavy atom. The summed E-state index contributed by atoms with van der Waals surface area (Å²) in [6.45, 7) is 2.07. The normalized spacial score (nSPS) is 11.0. The van der Waals surface area contributed by atoms with E-state index >= 15 is 0 Å². The number of aromatic nitrogens is 4. The summed E-state index contributed by atoms with van der Waals surface area (Å²) in [5.74, 6) is 0.828. The summed E-state index contributed by atoms with van der Waals surface area (Å²) in [7, 11) is 0. The molecule has 3 aromatic heterocycles. The molecule has 0 saturated carbocycles. The lowest BCUT2D eigenvalue weighted by Gasteiger charge is -2.08. The molecule has 0 atom stereocenters. The Labute approximate surface area is 128 Å². The van der Waals surface area contributed by atoms with E-state index in [2.05, 4.69) is 39.7 Å². The number of benzene rings is 1. The van der Waals surface area contributed by atoms with Crippen molar-refractivity contribution in [3.05, 3.63) is 72.7 Å². The van der Waals surface area contributed by atoms with Gasteiger partial charge in [-0.15, -0.1) is 0 Å². The molecule has 0 amide bonds. The van der Waals surface area contributed by atoms with E-state index in [1.165, 1.54) is 5.56 Å². The molecule has 0 unspecified atom stereocenters. The minimum Gasteiger partial charge on any atom is -0.289 e. The van der Waals surface area contributed by atoms with Gasteiger partial charge in [-0.2, -0.15) is 0 Å². The van der Waals surface area contributed by atoms with E-state index in [0.717, 1.165) is 28.2 Å². The Bertz CT molecular complexity index is 927. The molecule has 4 aromatic rings. The molecule has 0 aliphatic rings. The van der Waals surface area contributed by atoms with Gasteiger partial charge in [-0.3, -0.25) is 14.5 Å². The number of nitrogens with zero attached hydrogens (tertiary/aromatic N) is 4. The van der Waals surface area contributed by atoms with Crippen molar-refractivity contribution < 1.29 is 0 Å². The summed E-state index contributed by atoms with van der Waals surface area (Å²) in [5, 5.41) is 0. The molecule has 0 bridgehead atoms. The second kappa shape index (κ2) is 5.07. The van der Waals surface area contributed by atoms with Crippen LogP contribution in [0.5, 0.6) is 0 Å². The lowest BCUT2D eigenvalue weighted by molar-refractivity contribution is 1.06. The zero-order valence-electron chi connectivity index (χ0n) is 12.1. The average molecular weight is 286 g/mol. The highest BCUT2D eigenvalue weighted by Crippen LogP contribution is 2.27. The van der Waals surface area contributed by atoms with Crippen molar-refractivity contribution in [1.29, 1.82) is 0 Å². The number of aryl methyl sites for hydroxylation is 1. The van der Waals surface area contributed by atoms with Crippen molar-refractivity contribution in [3.63, 3.8) is 0 Å². The van der Waals surface area contributed by atoms with Crippen LogP contribution >= 0.6 is 0 Å². The van der Waals surface area contributed by atoms with Crippen LogP contribution in [0.1, 0.15) is 5.56 Å². The Kier molecular flexibility index (Phi) is 2.93. The minimum atomic E-state index is 0.828. The van der Waals surface area contributed by atoms with Gasteiger partial charge in [0.15, 0.2) is 5.82 Å². The number of pyridine rings is 2. The molecule has 3 heterocycles. The molecule has 0 aliphatic carbocycles. The third-order valence-electron chi connectivity index (χ3n) is 3.61. The van der Waals surface area contributed by atoms with E-state index in [-0.39, 0.29) is 0 Å². The third kappa shape index (κ3) is 2.05. The summed E-state index contributed by atoms with van der Waals surface area (Å²) in [5.41, 5.74) is 5.04. The lowest BCUT2D eigenvalue weighted by atomic mass is 10.2. The van der Waals surface area contributed by atoms with Gasteiger partial charge < -0.3 is 0 Å². The van der Waals surface area contributed by atoms with E-state index in [1.807, 2.05) is 36.5 Å². The maximum Gasteiger partial charge on any atom is 0.164 e. The van der Waals surface area contributed by atoms with Crippen LogP contribution in [-0.4, -0.2) is 19.5 Å². The van der Waals surface area contributed by atoms with E-state index < -0.39 is 0 Å². The van der Waals surface area contributed by atoms with Crippen LogP contribution in [0.2, 0.25) is 0 Å². The first-order valence-corrected chi connectivity index (χ1v) is 7.14. The Morgan fingerprint density at radius 2 is 1.91 bits per heavy atom. The molecule has 0 spiro atoms. The van der Waals surface area contributed by atoms with E-state index in [9.17, 15) is 0 Å². The van der Waals surface area contributed by atoms with Gasteiger partial charge >= 0.3 is 0 Å². The molecule has 0 aliphatic heterocycles. The quantitative estimate of drug-likeness (QED) is 0.563. The van der Waals surface area contributed by atoms with Crippen LogP contribution in [0, 0.1) is 6.92 Å². The smallest absolute Gasteiger partial charge is 0.164 e. The van der Waals surface area contributed by atoms with E-state index in [1.54, 1.807) is 12.4 Å². The number of hydrogen-bond acceptors (Lipinski definition) is 3. The van der Waals surface area contributed by atoms with Crippen LogP contribution in [0.15, 0.2) is 67.1 Å². The first kappa shape index (κ1) is 12.7. The minimum absolute atomic E-state index is 0.828. The molecule has 0 fully saturated rings. The number of fused-ring (bicyclic) bond motifs is 1. The molecule has 4 heteroatoms. The average Bonchev–Trinajstić information content (AvgIpc) is 2.95. The SMILES string of the molecule is Cc1ccc2c(c1)nc(-c1ccccn1)n2-c1cccnc1. The molecule has 0 saturated heterocycles. The van der Waals surface area contributed by atoms with E-state index in [4.69, 9.17) is 4.98 Å².